The predicted molar refractivity (Wildman–Crippen MR) is 79.5 cm³/mol. The predicted octanol–water partition coefficient (Wildman–Crippen LogP) is 3.38. The van der Waals surface area contributed by atoms with Gasteiger partial charge in [0.05, 0.1) is 0 Å². The van der Waals surface area contributed by atoms with E-state index in [4.69, 9.17) is 0 Å². The van der Waals surface area contributed by atoms with Crippen molar-refractivity contribution in [3.05, 3.63) is 29.8 Å². The molecule has 0 aliphatic carbocycles. The fourth-order valence-electron chi connectivity index (χ4n) is 2.78. The summed E-state index contributed by atoms with van der Waals surface area (Å²) < 4.78 is 0. The zero-order chi connectivity index (χ0) is 13.7. The van der Waals surface area contributed by atoms with Crippen molar-refractivity contribution in [3.63, 3.8) is 0 Å². The summed E-state index contributed by atoms with van der Waals surface area (Å²) in [6, 6.07) is 7.81. The van der Waals surface area contributed by atoms with Gasteiger partial charge in [-0.2, -0.15) is 0 Å². The Morgan fingerprint density at radius 3 is 2.68 bits per heavy atom. The second-order valence-corrected chi connectivity index (χ2v) is 5.30. The maximum Gasteiger partial charge on any atom is 0.253 e. The van der Waals surface area contributed by atoms with Crippen LogP contribution in [0.1, 0.15) is 43.5 Å². The van der Waals surface area contributed by atoms with Gasteiger partial charge in [-0.15, -0.1) is 0 Å². The Morgan fingerprint density at radius 2 is 2.05 bits per heavy atom. The molecule has 0 saturated carbocycles. The molecule has 1 fully saturated rings. The third-order valence-electron chi connectivity index (χ3n) is 3.78. The molecule has 1 N–H and O–H groups in total. The summed E-state index contributed by atoms with van der Waals surface area (Å²) in [6.45, 7) is 7.03. The molecule has 1 unspecified atom stereocenters. The van der Waals surface area contributed by atoms with Crippen molar-refractivity contribution < 1.29 is 4.79 Å². The molecule has 1 aromatic rings. The number of amides is 1. The Hall–Kier alpha value is -1.51. The fraction of sp³-hybridized carbons (Fsp3) is 0.562. The maximum atomic E-state index is 12.4. The molecule has 1 aliphatic heterocycles. The number of nitrogens with one attached hydrogen (secondary N) is 1. The number of carbonyl (C=O) groups is 1. The normalized spacial score (nSPS) is 18.6. The Labute approximate surface area is 116 Å². The van der Waals surface area contributed by atoms with E-state index in [1.54, 1.807) is 0 Å². The lowest BCUT2D eigenvalue weighted by Crippen LogP contribution is -2.28. The van der Waals surface area contributed by atoms with Crippen LogP contribution in [-0.2, 0) is 0 Å². The summed E-state index contributed by atoms with van der Waals surface area (Å²) in [4.78, 5) is 14.4. The summed E-state index contributed by atoms with van der Waals surface area (Å²) in [5, 5.41) is 3.24. The molecule has 3 heteroatoms. The van der Waals surface area contributed by atoms with Gasteiger partial charge in [0.15, 0.2) is 0 Å². The number of likely N-dealkylation sites (tertiary alicyclic amines) is 1. The van der Waals surface area contributed by atoms with E-state index in [1.165, 1.54) is 12.8 Å². The summed E-state index contributed by atoms with van der Waals surface area (Å²) in [7, 11) is 0. The second-order valence-electron chi connectivity index (χ2n) is 5.30. The number of carbonyl (C=O) groups excluding carboxylic acids is 1. The lowest BCUT2D eigenvalue weighted by atomic mass is 10.0. The third kappa shape index (κ3) is 3.49. The van der Waals surface area contributed by atoms with E-state index in [0.29, 0.717) is 5.92 Å². The molecule has 104 valence electrons. The summed E-state index contributed by atoms with van der Waals surface area (Å²) >= 11 is 0. The molecule has 1 amide bonds. The molecular weight excluding hydrogens is 236 g/mol. The Kier molecular flexibility index (Phi) is 4.83. The van der Waals surface area contributed by atoms with Gasteiger partial charge in [0.25, 0.3) is 5.91 Å². The number of hydrogen-bond acceptors (Lipinski definition) is 2. The highest BCUT2D eigenvalue weighted by Crippen LogP contribution is 2.22. The van der Waals surface area contributed by atoms with Crippen molar-refractivity contribution in [2.24, 2.45) is 5.92 Å². The van der Waals surface area contributed by atoms with Crippen LogP contribution < -0.4 is 5.32 Å². The summed E-state index contributed by atoms with van der Waals surface area (Å²) in [5.74, 6) is 0.886. The molecule has 0 bridgehead atoms. The van der Waals surface area contributed by atoms with Crippen LogP contribution in [0.4, 0.5) is 5.69 Å². The standard InChI is InChI=1S/C16H24N2O/c1-3-5-13-10-11-18(12-13)16(19)14-6-8-15(9-7-14)17-4-2/h6-9,13,17H,3-5,10-12H2,1-2H3. The first kappa shape index (κ1) is 13.9. The van der Waals surface area contributed by atoms with Gasteiger partial charge in [0.1, 0.15) is 0 Å². The van der Waals surface area contributed by atoms with Gasteiger partial charge in [-0.25, -0.2) is 0 Å². The van der Waals surface area contributed by atoms with Gasteiger partial charge in [0, 0.05) is 30.9 Å². The fourth-order valence-corrected chi connectivity index (χ4v) is 2.78. The van der Waals surface area contributed by atoms with Gasteiger partial charge in [-0.05, 0) is 49.9 Å². The first-order chi connectivity index (χ1) is 9.24. The second kappa shape index (κ2) is 6.60. The molecule has 1 saturated heterocycles. The molecule has 1 aliphatic rings. The van der Waals surface area contributed by atoms with Crippen molar-refractivity contribution in [1.82, 2.24) is 4.90 Å². The van der Waals surface area contributed by atoms with Crippen LogP contribution in [0, 0.1) is 5.92 Å². The van der Waals surface area contributed by atoms with Crippen LogP contribution in [0.2, 0.25) is 0 Å². The summed E-state index contributed by atoms with van der Waals surface area (Å²) in [5.41, 5.74) is 1.88. The average molecular weight is 260 g/mol. The number of benzene rings is 1. The van der Waals surface area contributed by atoms with Crippen molar-refractivity contribution in [3.8, 4) is 0 Å². The highest BCUT2D eigenvalue weighted by Gasteiger charge is 2.26. The minimum absolute atomic E-state index is 0.182. The minimum atomic E-state index is 0.182. The van der Waals surface area contributed by atoms with Crippen LogP contribution in [0.3, 0.4) is 0 Å². The van der Waals surface area contributed by atoms with E-state index >= 15 is 0 Å². The number of rotatable bonds is 5. The molecule has 2 rings (SSSR count). The minimum Gasteiger partial charge on any atom is -0.385 e. The SMILES string of the molecule is CCCC1CCN(C(=O)c2ccc(NCC)cc2)C1. The van der Waals surface area contributed by atoms with E-state index < -0.39 is 0 Å². The van der Waals surface area contributed by atoms with E-state index in [-0.39, 0.29) is 5.91 Å². The van der Waals surface area contributed by atoms with E-state index in [9.17, 15) is 4.79 Å². The third-order valence-corrected chi connectivity index (χ3v) is 3.78. The van der Waals surface area contributed by atoms with Gasteiger partial charge >= 0.3 is 0 Å². The highest BCUT2D eigenvalue weighted by atomic mass is 16.2. The van der Waals surface area contributed by atoms with Crippen molar-refractivity contribution in [1.29, 1.82) is 0 Å². The average Bonchev–Trinajstić information content (AvgIpc) is 2.88. The Balaban J connectivity index is 1.96. The van der Waals surface area contributed by atoms with E-state index in [0.717, 1.165) is 37.3 Å². The van der Waals surface area contributed by atoms with Crippen molar-refractivity contribution in [2.45, 2.75) is 33.1 Å². The van der Waals surface area contributed by atoms with Gasteiger partial charge in [-0.3, -0.25) is 4.79 Å². The molecule has 1 atom stereocenters. The molecule has 1 aromatic carbocycles. The van der Waals surface area contributed by atoms with Crippen molar-refractivity contribution >= 4 is 11.6 Å². The number of hydrogen-bond donors (Lipinski definition) is 1. The Morgan fingerprint density at radius 1 is 1.32 bits per heavy atom. The summed E-state index contributed by atoms with van der Waals surface area (Å²) in [6.07, 6.45) is 3.61. The molecule has 0 aromatic heterocycles. The first-order valence-electron chi connectivity index (χ1n) is 7.37. The first-order valence-corrected chi connectivity index (χ1v) is 7.37. The highest BCUT2D eigenvalue weighted by molar-refractivity contribution is 5.94. The molecule has 1 heterocycles. The van der Waals surface area contributed by atoms with Crippen LogP contribution in [0.25, 0.3) is 0 Å². The van der Waals surface area contributed by atoms with E-state index in [1.807, 2.05) is 29.2 Å². The Bertz CT molecular complexity index is 413. The molecule has 0 spiro atoms. The maximum absolute atomic E-state index is 12.4. The molecule has 0 radical (unpaired) electrons. The van der Waals surface area contributed by atoms with Crippen molar-refractivity contribution in [2.75, 3.05) is 25.0 Å². The number of nitrogens with zero attached hydrogens (tertiary/aromatic N) is 1. The van der Waals surface area contributed by atoms with Gasteiger partial charge in [0.2, 0.25) is 0 Å². The molecule has 19 heavy (non-hydrogen) atoms. The number of anilines is 1. The van der Waals surface area contributed by atoms with Gasteiger partial charge in [-0.1, -0.05) is 13.3 Å². The smallest absolute Gasteiger partial charge is 0.253 e. The van der Waals surface area contributed by atoms with Crippen LogP contribution in [-0.4, -0.2) is 30.4 Å². The van der Waals surface area contributed by atoms with Crippen LogP contribution >= 0.6 is 0 Å². The zero-order valence-electron chi connectivity index (χ0n) is 12.0. The monoisotopic (exact) mass is 260 g/mol. The zero-order valence-corrected chi connectivity index (χ0v) is 12.0. The van der Waals surface area contributed by atoms with E-state index in [2.05, 4.69) is 19.2 Å². The largest absolute Gasteiger partial charge is 0.385 e. The lowest BCUT2D eigenvalue weighted by molar-refractivity contribution is 0.0786. The van der Waals surface area contributed by atoms with Gasteiger partial charge < -0.3 is 10.2 Å². The molecular formula is C16H24N2O. The topological polar surface area (TPSA) is 32.3 Å². The lowest BCUT2D eigenvalue weighted by Gasteiger charge is -2.16. The quantitative estimate of drug-likeness (QED) is 0.880. The van der Waals surface area contributed by atoms with Crippen LogP contribution in [0.5, 0.6) is 0 Å². The van der Waals surface area contributed by atoms with Crippen LogP contribution in [0.15, 0.2) is 24.3 Å². The molecule has 3 nitrogen and oxygen atoms in total.